The molecule has 2 aromatic rings. The van der Waals surface area contributed by atoms with E-state index in [0.29, 0.717) is 11.4 Å². The number of pyridine rings is 1. The summed E-state index contributed by atoms with van der Waals surface area (Å²) in [5.74, 6) is -0.771. The Bertz CT molecular complexity index is 784. The number of anilines is 1. The van der Waals surface area contributed by atoms with Gasteiger partial charge in [-0.2, -0.15) is 4.99 Å². The molecule has 0 spiro atoms. The lowest BCUT2D eigenvalue weighted by atomic mass is 10.2. The number of nitrogens with zero attached hydrogens (tertiary/aromatic N) is 3. The van der Waals surface area contributed by atoms with E-state index in [-0.39, 0.29) is 22.6 Å². The second-order valence-electron chi connectivity index (χ2n) is 4.32. The summed E-state index contributed by atoms with van der Waals surface area (Å²) in [4.78, 5) is 23.8. The van der Waals surface area contributed by atoms with E-state index in [1.54, 1.807) is 36.4 Å². The van der Waals surface area contributed by atoms with Crippen LogP contribution in [0.4, 0.5) is 11.4 Å². The minimum absolute atomic E-state index is 0.103. The molecule has 0 saturated heterocycles. The molecule has 0 atom stereocenters. The average Bonchev–Trinajstić information content (AvgIpc) is 2.48. The molecule has 0 aliphatic heterocycles. The first-order valence-corrected chi connectivity index (χ1v) is 6.80. The molecule has 9 heteroatoms. The summed E-state index contributed by atoms with van der Waals surface area (Å²) in [7, 11) is 0. The molecule has 1 heterocycles. The highest BCUT2D eigenvalue weighted by atomic mass is 35.5. The first-order valence-electron chi connectivity index (χ1n) is 6.42. The molecule has 0 aliphatic carbocycles. The summed E-state index contributed by atoms with van der Waals surface area (Å²) in [5.41, 5.74) is 17.1. The predicted octanol–water partition coefficient (Wildman–Crippen LogP) is 1.21. The van der Waals surface area contributed by atoms with Crippen molar-refractivity contribution < 1.29 is 4.79 Å². The SMILES string of the molecule is NC(N)=NC(N)=Nc1ccccc1NC(=O)c1cccnc1Cl. The van der Waals surface area contributed by atoms with Crippen molar-refractivity contribution in [3.63, 3.8) is 0 Å². The van der Waals surface area contributed by atoms with Gasteiger partial charge in [0.2, 0.25) is 5.96 Å². The second kappa shape index (κ2) is 7.23. The normalized spacial score (nSPS) is 10.9. The number of aromatic nitrogens is 1. The largest absolute Gasteiger partial charge is 0.370 e. The van der Waals surface area contributed by atoms with Gasteiger partial charge in [-0.15, -0.1) is 0 Å². The molecular formula is C14H14ClN7O. The van der Waals surface area contributed by atoms with Crippen LogP contribution in [0.3, 0.4) is 0 Å². The Balaban J connectivity index is 2.30. The monoisotopic (exact) mass is 331 g/mol. The molecule has 8 nitrogen and oxygen atoms in total. The molecule has 0 saturated carbocycles. The van der Waals surface area contributed by atoms with Gasteiger partial charge in [-0.05, 0) is 24.3 Å². The zero-order chi connectivity index (χ0) is 16.8. The predicted molar refractivity (Wildman–Crippen MR) is 90.7 cm³/mol. The number of nitrogens with two attached hydrogens (primary N) is 3. The van der Waals surface area contributed by atoms with Crippen molar-refractivity contribution in [1.82, 2.24) is 4.98 Å². The van der Waals surface area contributed by atoms with Crippen LogP contribution in [0.2, 0.25) is 5.15 Å². The molecule has 2 rings (SSSR count). The third-order valence-electron chi connectivity index (χ3n) is 2.63. The standard InChI is InChI=1S/C14H14ClN7O/c15-11-8(4-3-7-19-11)12(23)20-9-5-1-2-6-10(9)21-14(18)22-13(16)17/h1-7H,(H,20,23)(H6,16,17,18,21,22). The Kier molecular flexibility index (Phi) is 5.11. The Labute approximate surface area is 137 Å². The number of amides is 1. The number of aliphatic imine (C=N–C) groups is 2. The van der Waals surface area contributed by atoms with Crippen LogP contribution in [-0.2, 0) is 0 Å². The summed E-state index contributed by atoms with van der Waals surface area (Å²) in [6.45, 7) is 0. The minimum atomic E-state index is -0.425. The molecule has 0 radical (unpaired) electrons. The number of benzene rings is 1. The van der Waals surface area contributed by atoms with Crippen LogP contribution >= 0.6 is 11.6 Å². The van der Waals surface area contributed by atoms with Gasteiger partial charge in [0.15, 0.2) is 5.96 Å². The number of nitrogens with one attached hydrogen (secondary N) is 1. The van der Waals surface area contributed by atoms with Gasteiger partial charge in [0.1, 0.15) is 5.15 Å². The van der Waals surface area contributed by atoms with Crippen LogP contribution in [0, 0.1) is 0 Å². The summed E-state index contributed by atoms with van der Waals surface area (Å²) >= 11 is 5.90. The summed E-state index contributed by atoms with van der Waals surface area (Å²) in [6.07, 6.45) is 1.49. The Morgan fingerprint density at radius 3 is 2.57 bits per heavy atom. The van der Waals surface area contributed by atoms with Gasteiger partial charge in [-0.1, -0.05) is 23.7 Å². The van der Waals surface area contributed by atoms with Gasteiger partial charge in [-0.3, -0.25) is 4.79 Å². The van der Waals surface area contributed by atoms with E-state index in [2.05, 4.69) is 20.3 Å². The Morgan fingerprint density at radius 2 is 1.87 bits per heavy atom. The molecule has 0 unspecified atom stereocenters. The maximum Gasteiger partial charge on any atom is 0.258 e. The summed E-state index contributed by atoms with van der Waals surface area (Å²) in [6, 6.07) is 9.94. The first-order chi connectivity index (χ1) is 11.0. The van der Waals surface area contributed by atoms with Crippen molar-refractivity contribution in [2.24, 2.45) is 27.2 Å². The summed E-state index contributed by atoms with van der Waals surface area (Å²) < 4.78 is 0. The Hall–Kier alpha value is -3.13. The number of hydrogen-bond acceptors (Lipinski definition) is 3. The Morgan fingerprint density at radius 1 is 1.13 bits per heavy atom. The second-order valence-corrected chi connectivity index (χ2v) is 4.68. The zero-order valence-electron chi connectivity index (χ0n) is 11.9. The molecule has 118 valence electrons. The molecule has 0 aliphatic rings. The van der Waals surface area contributed by atoms with E-state index < -0.39 is 5.91 Å². The van der Waals surface area contributed by atoms with Crippen LogP contribution in [-0.4, -0.2) is 22.8 Å². The highest BCUT2D eigenvalue weighted by molar-refractivity contribution is 6.33. The molecule has 1 aromatic heterocycles. The van der Waals surface area contributed by atoms with E-state index in [1.165, 1.54) is 6.20 Å². The fourth-order valence-electron chi connectivity index (χ4n) is 1.70. The molecule has 0 fully saturated rings. The number of carbonyl (C=O) groups is 1. The number of guanidine groups is 2. The van der Waals surface area contributed by atoms with Gasteiger partial charge in [0.25, 0.3) is 5.91 Å². The van der Waals surface area contributed by atoms with Crippen LogP contribution < -0.4 is 22.5 Å². The number of halogens is 1. The van der Waals surface area contributed by atoms with Gasteiger partial charge < -0.3 is 22.5 Å². The highest BCUT2D eigenvalue weighted by Gasteiger charge is 2.12. The fraction of sp³-hybridized carbons (Fsp3) is 0. The average molecular weight is 332 g/mol. The quantitative estimate of drug-likeness (QED) is 0.379. The molecule has 7 N–H and O–H groups in total. The minimum Gasteiger partial charge on any atom is -0.370 e. The maximum atomic E-state index is 12.3. The van der Waals surface area contributed by atoms with E-state index in [9.17, 15) is 4.79 Å². The lowest BCUT2D eigenvalue weighted by molar-refractivity contribution is 0.102. The van der Waals surface area contributed by atoms with Gasteiger partial charge in [0, 0.05) is 6.20 Å². The molecule has 1 amide bonds. The fourth-order valence-corrected chi connectivity index (χ4v) is 1.91. The number of hydrogen-bond donors (Lipinski definition) is 4. The topological polar surface area (TPSA) is 145 Å². The number of rotatable bonds is 3. The van der Waals surface area contributed by atoms with Gasteiger partial charge in [0.05, 0.1) is 16.9 Å². The van der Waals surface area contributed by atoms with E-state index in [0.717, 1.165) is 0 Å². The van der Waals surface area contributed by atoms with Crippen LogP contribution in [0.15, 0.2) is 52.6 Å². The third-order valence-corrected chi connectivity index (χ3v) is 2.94. The van der Waals surface area contributed by atoms with E-state index >= 15 is 0 Å². The van der Waals surface area contributed by atoms with Crippen LogP contribution in [0.1, 0.15) is 10.4 Å². The smallest absolute Gasteiger partial charge is 0.258 e. The van der Waals surface area contributed by atoms with Crippen LogP contribution in [0.5, 0.6) is 0 Å². The number of carbonyl (C=O) groups excluding carboxylic acids is 1. The molecular weight excluding hydrogens is 318 g/mol. The molecule has 0 bridgehead atoms. The van der Waals surface area contributed by atoms with Crippen LogP contribution in [0.25, 0.3) is 0 Å². The van der Waals surface area contributed by atoms with Crippen molar-refractivity contribution in [1.29, 1.82) is 0 Å². The van der Waals surface area contributed by atoms with Crippen molar-refractivity contribution >= 4 is 40.8 Å². The van der Waals surface area contributed by atoms with Gasteiger partial charge >= 0.3 is 0 Å². The van der Waals surface area contributed by atoms with Crippen molar-refractivity contribution in [3.8, 4) is 0 Å². The summed E-state index contributed by atoms with van der Waals surface area (Å²) in [5, 5.41) is 2.79. The first kappa shape index (κ1) is 16.2. The molecule has 1 aromatic carbocycles. The van der Waals surface area contributed by atoms with Crippen molar-refractivity contribution in [2.75, 3.05) is 5.32 Å². The maximum absolute atomic E-state index is 12.3. The highest BCUT2D eigenvalue weighted by Crippen LogP contribution is 2.25. The zero-order valence-corrected chi connectivity index (χ0v) is 12.7. The molecule has 23 heavy (non-hydrogen) atoms. The number of para-hydroxylation sites is 2. The van der Waals surface area contributed by atoms with Crippen molar-refractivity contribution in [3.05, 3.63) is 53.3 Å². The third kappa shape index (κ3) is 4.42. The lowest BCUT2D eigenvalue weighted by Crippen LogP contribution is -2.26. The van der Waals surface area contributed by atoms with E-state index in [4.69, 9.17) is 28.8 Å². The lowest BCUT2D eigenvalue weighted by Gasteiger charge is -2.09. The van der Waals surface area contributed by atoms with Crippen molar-refractivity contribution in [2.45, 2.75) is 0 Å². The van der Waals surface area contributed by atoms with E-state index in [1.807, 2.05) is 0 Å². The van der Waals surface area contributed by atoms with Gasteiger partial charge in [-0.25, -0.2) is 9.98 Å².